The number of piperidine rings is 1. The van der Waals surface area contributed by atoms with Crippen LogP contribution in [-0.4, -0.2) is 76.2 Å². The van der Waals surface area contributed by atoms with Gasteiger partial charge in [-0.1, -0.05) is 36.4 Å². The molecule has 1 aliphatic carbocycles. The second-order valence-electron chi connectivity index (χ2n) is 11.5. The van der Waals surface area contributed by atoms with Gasteiger partial charge in [-0.2, -0.15) is 0 Å². The van der Waals surface area contributed by atoms with Crippen LogP contribution in [0.1, 0.15) is 85.1 Å². The number of hydrogen-bond acceptors (Lipinski definition) is 8. The molecule has 0 bridgehead atoms. The Balaban J connectivity index is 0.981. The summed E-state index contributed by atoms with van der Waals surface area (Å²) in [5.74, 6) is -0.546. The van der Waals surface area contributed by atoms with E-state index in [9.17, 15) is 24.0 Å². The van der Waals surface area contributed by atoms with Crippen LogP contribution in [0.25, 0.3) is 0 Å². The lowest BCUT2D eigenvalue weighted by molar-refractivity contribution is -0.136. The predicted octanol–water partition coefficient (Wildman–Crippen LogP) is 2.69. The van der Waals surface area contributed by atoms with E-state index in [4.69, 9.17) is 4.42 Å². The lowest BCUT2D eigenvalue weighted by Crippen LogP contribution is -2.52. The van der Waals surface area contributed by atoms with Crippen LogP contribution in [0.2, 0.25) is 0 Å². The Bertz CT molecular complexity index is 1610. The molecule has 1 N–H and O–H groups in total. The van der Waals surface area contributed by atoms with Crippen LogP contribution in [0.3, 0.4) is 0 Å². The summed E-state index contributed by atoms with van der Waals surface area (Å²) < 4.78 is 6.00. The molecule has 4 aliphatic rings. The first-order chi connectivity index (χ1) is 20.3. The van der Waals surface area contributed by atoms with E-state index in [2.05, 4.69) is 15.1 Å². The summed E-state index contributed by atoms with van der Waals surface area (Å²) in [6, 6.07) is 13.7. The highest BCUT2D eigenvalue weighted by Gasteiger charge is 2.39. The first-order valence-corrected chi connectivity index (χ1v) is 14.3. The second-order valence-corrected chi connectivity index (χ2v) is 11.5. The minimum absolute atomic E-state index is 0.0919. The normalized spacial score (nSPS) is 21.7. The van der Waals surface area contributed by atoms with Gasteiger partial charge in [-0.25, -0.2) is 0 Å². The molecule has 2 saturated heterocycles. The van der Waals surface area contributed by atoms with Gasteiger partial charge in [0.1, 0.15) is 11.8 Å². The summed E-state index contributed by atoms with van der Waals surface area (Å²) in [6.07, 6.45) is 0.583. The molecule has 10 heteroatoms. The number of nitrogens with one attached hydrogen (secondary N) is 1. The average molecular weight is 567 g/mol. The molecule has 2 fully saturated rings. The van der Waals surface area contributed by atoms with Gasteiger partial charge in [0.25, 0.3) is 5.91 Å². The summed E-state index contributed by atoms with van der Waals surface area (Å²) in [5, 5.41) is 2.34. The quantitative estimate of drug-likeness (QED) is 0.366. The number of carbonyl (C=O) groups is 5. The fraction of sp³-hybridized carbons (Fsp3) is 0.344. The van der Waals surface area contributed by atoms with E-state index in [-0.39, 0.29) is 41.6 Å². The van der Waals surface area contributed by atoms with E-state index in [1.165, 1.54) is 0 Å². The maximum absolute atomic E-state index is 13.0. The van der Waals surface area contributed by atoms with Crippen LogP contribution in [0, 0.1) is 0 Å². The molecule has 214 valence electrons. The molecule has 10 nitrogen and oxygen atoms in total. The number of imide groups is 1. The second kappa shape index (κ2) is 10.1. The summed E-state index contributed by atoms with van der Waals surface area (Å²) in [7, 11) is 0. The van der Waals surface area contributed by atoms with Crippen molar-refractivity contribution in [3.63, 3.8) is 0 Å². The van der Waals surface area contributed by atoms with Crippen LogP contribution in [-0.2, 0) is 22.7 Å². The minimum atomic E-state index is -0.618. The molecule has 2 aromatic carbocycles. The first kappa shape index (κ1) is 26.5. The van der Waals surface area contributed by atoms with E-state index < -0.39 is 11.9 Å². The lowest BCUT2D eigenvalue weighted by Gasteiger charge is -2.37. The molecular formula is C32H30N4O6. The molecule has 7 rings (SSSR count). The van der Waals surface area contributed by atoms with Crippen LogP contribution in [0.4, 0.5) is 0 Å². The third-order valence-electron chi connectivity index (χ3n) is 8.98. The Hall–Kier alpha value is -4.41. The van der Waals surface area contributed by atoms with Crippen molar-refractivity contribution in [3.05, 3.63) is 93.4 Å². The number of furan rings is 1. The van der Waals surface area contributed by atoms with Crippen LogP contribution in [0.15, 0.2) is 52.9 Å². The number of benzene rings is 2. The smallest absolute Gasteiger partial charge is 0.255 e. The molecule has 42 heavy (non-hydrogen) atoms. The van der Waals surface area contributed by atoms with Crippen molar-refractivity contribution in [2.45, 2.75) is 44.9 Å². The van der Waals surface area contributed by atoms with E-state index >= 15 is 0 Å². The summed E-state index contributed by atoms with van der Waals surface area (Å²) in [6.45, 7) is 6.37. The van der Waals surface area contributed by atoms with Gasteiger partial charge in [0, 0.05) is 62.4 Å². The molecule has 4 heterocycles. The number of ketones is 2. The minimum Gasteiger partial charge on any atom is -0.455 e. The number of fused-ring (bicyclic) bond motifs is 3. The highest BCUT2D eigenvalue weighted by atomic mass is 16.4. The summed E-state index contributed by atoms with van der Waals surface area (Å²) in [4.78, 5) is 69.1. The number of carbonyl (C=O) groups excluding carboxylic acids is 5. The molecule has 3 amide bonds. The first-order valence-electron chi connectivity index (χ1n) is 14.3. The van der Waals surface area contributed by atoms with Gasteiger partial charge in [-0.15, -0.1) is 0 Å². The van der Waals surface area contributed by atoms with Crippen molar-refractivity contribution in [1.29, 1.82) is 0 Å². The van der Waals surface area contributed by atoms with E-state index in [0.29, 0.717) is 41.0 Å². The monoisotopic (exact) mass is 566 g/mol. The molecule has 3 aromatic rings. The van der Waals surface area contributed by atoms with E-state index in [1.807, 2.05) is 25.1 Å². The fourth-order valence-corrected chi connectivity index (χ4v) is 6.57. The summed E-state index contributed by atoms with van der Waals surface area (Å²) >= 11 is 0. The van der Waals surface area contributed by atoms with Crippen molar-refractivity contribution in [2.75, 3.05) is 26.2 Å². The Morgan fingerprint density at radius 1 is 0.881 bits per heavy atom. The molecule has 2 unspecified atom stereocenters. The van der Waals surface area contributed by atoms with Crippen LogP contribution < -0.4 is 5.32 Å². The SMILES string of the molecule is CC(c1cc2c(o1)C(=O)c1ccccc1C2=O)N1CCN(Cc2ccc3c(c2)CN(C2CCC(=O)NC2=O)C3=O)CC1. The third-order valence-corrected chi connectivity index (χ3v) is 8.98. The fourth-order valence-electron chi connectivity index (χ4n) is 6.57. The number of rotatable bonds is 5. The van der Waals surface area contributed by atoms with E-state index in [0.717, 1.165) is 43.9 Å². The number of amides is 3. The molecule has 0 spiro atoms. The third kappa shape index (κ3) is 4.38. The van der Waals surface area contributed by atoms with Gasteiger partial charge in [0.15, 0.2) is 11.5 Å². The van der Waals surface area contributed by atoms with Crippen LogP contribution >= 0.6 is 0 Å². The van der Waals surface area contributed by atoms with Gasteiger partial charge in [-0.3, -0.25) is 39.1 Å². The van der Waals surface area contributed by atoms with Crippen molar-refractivity contribution in [2.24, 2.45) is 0 Å². The topological polar surface area (TPSA) is 120 Å². The van der Waals surface area contributed by atoms with Gasteiger partial charge in [0.05, 0.1) is 11.6 Å². The number of nitrogens with zero attached hydrogens (tertiary/aromatic N) is 3. The molecule has 1 aromatic heterocycles. The Labute approximate surface area is 242 Å². The Morgan fingerprint density at radius 3 is 2.36 bits per heavy atom. The van der Waals surface area contributed by atoms with Crippen molar-refractivity contribution in [3.8, 4) is 0 Å². The highest BCUT2D eigenvalue weighted by Crippen LogP contribution is 2.34. The van der Waals surface area contributed by atoms with Crippen molar-refractivity contribution < 1.29 is 28.4 Å². The lowest BCUT2D eigenvalue weighted by atomic mass is 9.88. The molecule has 0 radical (unpaired) electrons. The zero-order chi connectivity index (χ0) is 29.1. The van der Waals surface area contributed by atoms with Crippen molar-refractivity contribution >= 4 is 29.3 Å². The standard InChI is InChI=1S/C32H30N4O6/c1-18(26-15-24-28(38)22-4-2-3-5-23(22)29(39)30(24)42-26)35-12-10-34(11-13-35)16-19-6-7-21-20(14-19)17-36(32(21)41)25-8-9-27(37)33-31(25)40/h2-7,14-15,18,25H,8-13,16-17H2,1H3,(H,33,37,40). The maximum atomic E-state index is 13.0. The highest BCUT2D eigenvalue weighted by molar-refractivity contribution is 6.27. The Morgan fingerprint density at radius 2 is 1.62 bits per heavy atom. The largest absolute Gasteiger partial charge is 0.455 e. The van der Waals surface area contributed by atoms with Gasteiger partial charge < -0.3 is 9.32 Å². The molecule has 2 atom stereocenters. The number of hydrogen-bond donors (Lipinski definition) is 1. The van der Waals surface area contributed by atoms with Gasteiger partial charge >= 0.3 is 0 Å². The zero-order valence-corrected chi connectivity index (χ0v) is 23.2. The van der Waals surface area contributed by atoms with Crippen LogP contribution in [0.5, 0.6) is 0 Å². The van der Waals surface area contributed by atoms with Crippen molar-refractivity contribution in [1.82, 2.24) is 20.0 Å². The zero-order valence-electron chi connectivity index (χ0n) is 23.2. The molecular weight excluding hydrogens is 536 g/mol. The molecule has 0 saturated carbocycles. The van der Waals surface area contributed by atoms with Gasteiger partial charge in [-0.05, 0) is 36.6 Å². The summed E-state index contributed by atoms with van der Waals surface area (Å²) in [5.41, 5.74) is 3.76. The van der Waals surface area contributed by atoms with E-state index in [1.54, 1.807) is 35.2 Å². The Kier molecular flexibility index (Phi) is 6.40. The number of piperazine rings is 1. The predicted molar refractivity (Wildman–Crippen MR) is 150 cm³/mol. The molecule has 3 aliphatic heterocycles. The maximum Gasteiger partial charge on any atom is 0.255 e. The average Bonchev–Trinajstić information content (AvgIpc) is 3.58. The van der Waals surface area contributed by atoms with Gasteiger partial charge in [0.2, 0.25) is 17.6 Å².